The highest BCUT2D eigenvalue weighted by Crippen LogP contribution is 2.29. The lowest BCUT2D eigenvalue weighted by Crippen LogP contribution is -2.32. The van der Waals surface area contributed by atoms with E-state index in [4.69, 9.17) is 0 Å². The Morgan fingerprint density at radius 1 is 1.38 bits per heavy atom. The minimum Gasteiger partial charge on any atom is -0.466 e. The van der Waals surface area contributed by atoms with Gasteiger partial charge < -0.3 is 4.74 Å². The van der Waals surface area contributed by atoms with E-state index < -0.39 is 16.0 Å². The number of aliphatic imine (C=N–C) groups is 1. The average molecular weight is 308 g/mol. The number of hydrogen-bond donors (Lipinski definition) is 0. The molecule has 0 fully saturated rings. The Balaban J connectivity index is 2.28. The fourth-order valence-electron chi connectivity index (χ4n) is 1.95. The summed E-state index contributed by atoms with van der Waals surface area (Å²) in [6, 6.07) is 6.53. The zero-order valence-electron chi connectivity index (χ0n) is 11.8. The van der Waals surface area contributed by atoms with Gasteiger partial charge in [-0.2, -0.15) is 0 Å². The van der Waals surface area contributed by atoms with Gasteiger partial charge in [-0.05, 0) is 18.6 Å². The van der Waals surface area contributed by atoms with E-state index in [1.54, 1.807) is 31.2 Å². The van der Waals surface area contributed by atoms with Crippen LogP contribution in [0, 0.1) is 0 Å². The second kappa shape index (κ2) is 6.09. The molecule has 0 N–H and O–H groups in total. The summed E-state index contributed by atoms with van der Waals surface area (Å²) < 4.78 is 30.6. The second-order valence-corrected chi connectivity index (χ2v) is 6.22. The molecule has 1 aliphatic heterocycles. The van der Waals surface area contributed by atoms with Crippen molar-refractivity contribution in [2.24, 2.45) is 4.99 Å². The average Bonchev–Trinajstić information content (AvgIpc) is 2.49. The van der Waals surface area contributed by atoms with Gasteiger partial charge in [0.25, 0.3) is 10.0 Å². The van der Waals surface area contributed by atoms with Crippen LogP contribution in [0.3, 0.4) is 0 Å². The highest BCUT2D eigenvalue weighted by molar-refractivity contribution is 7.89. The van der Waals surface area contributed by atoms with Gasteiger partial charge in [0.2, 0.25) is 0 Å². The van der Waals surface area contributed by atoms with Crippen molar-refractivity contribution in [1.29, 1.82) is 0 Å². The maximum atomic E-state index is 12.4. The number of para-hydroxylation sites is 1. The lowest BCUT2D eigenvalue weighted by molar-refractivity contribution is -0.136. The fraction of sp³-hybridized carbons (Fsp3) is 0.286. The Morgan fingerprint density at radius 3 is 2.76 bits per heavy atom. The molecule has 112 valence electrons. The van der Waals surface area contributed by atoms with Gasteiger partial charge in [-0.25, -0.2) is 18.2 Å². The third-order valence-corrected chi connectivity index (χ3v) is 4.89. The minimum atomic E-state index is -3.63. The number of nitrogens with zero attached hydrogens (tertiary/aromatic N) is 2. The van der Waals surface area contributed by atoms with Crippen LogP contribution in [0.4, 0.5) is 5.69 Å². The normalized spacial score (nSPS) is 16.5. The highest BCUT2D eigenvalue weighted by atomic mass is 32.2. The molecule has 0 atom stereocenters. The molecule has 0 radical (unpaired) electrons. The predicted octanol–water partition coefficient (Wildman–Crippen LogP) is 1.86. The first-order valence-electron chi connectivity index (χ1n) is 6.43. The van der Waals surface area contributed by atoms with Crippen molar-refractivity contribution in [2.75, 3.05) is 13.7 Å². The molecule has 0 saturated carbocycles. The van der Waals surface area contributed by atoms with Gasteiger partial charge in [0.15, 0.2) is 0 Å². The number of rotatable bonds is 4. The first kappa shape index (κ1) is 15.2. The van der Waals surface area contributed by atoms with Crippen LogP contribution in [0.2, 0.25) is 0 Å². The van der Waals surface area contributed by atoms with Crippen molar-refractivity contribution < 1.29 is 17.9 Å². The Bertz CT molecular complexity index is 707. The lowest BCUT2D eigenvalue weighted by Gasteiger charge is -2.23. The van der Waals surface area contributed by atoms with Gasteiger partial charge in [-0.15, -0.1) is 0 Å². The molecule has 0 saturated heterocycles. The Labute approximate surface area is 123 Å². The molecular formula is C14H16N2O4S. The smallest absolute Gasteiger partial charge is 0.333 e. The molecule has 1 aromatic rings. The third-order valence-electron chi connectivity index (χ3n) is 3.12. The molecule has 0 amide bonds. The summed E-state index contributed by atoms with van der Waals surface area (Å²) in [5, 5.41) is 0. The third kappa shape index (κ3) is 2.97. The van der Waals surface area contributed by atoms with Gasteiger partial charge in [0.05, 0.1) is 19.3 Å². The van der Waals surface area contributed by atoms with Crippen LogP contribution in [0.15, 0.2) is 45.8 Å². The fourth-order valence-corrected chi connectivity index (χ4v) is 3.28. The van der Waals surface area contributed by atoms with Gasteiger partial charge in [0, 0.05) is 5.57 Å². The van der Waals surface area contributed by atoms with Crippen molar-refractivity contribution in [2.45, 2.75) is 18.2 Å². The van der Waals surface area contributed by atoms with Crippen molar-refractivity contribution in [3.63, 3.8) is 0 Å². The molecule has 0 spiro atoms. The summed E-state index contributed by atoms with van der Waals surface area (Å²) in [6.07, 6.45) is 3.27. The maximum absolute atomic E-state index is 12.4. The quantitative estimate of drug-likeness (QED) is 0.628. The van der Waals surface area contributed by atoms with E-state index in [2.05, 4.69) is 9.73 Å². The van der Waals surface area contributed by atoms with E-state index in [1.807, 2.05) is 0 Å². The van der Waals surface area contributed by atoms with E-state index in [9.17, 15) is 13.2 Å². The van der Waals surface area contributed by atoms with Crippen LogP contribution in [0.25, 0.3) is 0 Å². The maximum Gasteiger partial charge on any atom is 0.333 e. The summed E-state index contributed by atoms with van der Waals surface area (Å²) >= 11 is 0. The molecule has 0 aliphatic carbocycles. The predicted molar refractivity (Wildman–Crippen MR) is 78.9 cm³/mol. The van der Waals surface area contributed by atoms with E-state index in [0.717, 1.165) is 4.31 Å². The van der Waals surface area contributed by atoms with Gasteiger partial charge in [-0.1, -0.05) is 25.1 Å². The molecule has 1 aliphatic rings. The first-order chi connectivity index (χ1) is 10.0. The van der Waals surface area contributed by atoms with Crippen LogP contribution < -0.4 is 0 Å². The summed E-state index contributed by atoms with van der Waals surface area (Å²) in [7, 11) is -2.34. The summed E-state index contributed by atoms with van der Waals surface area (Å²) in [5.41, 5.74) is 0.848. The summed E-state index contributed by atoms with van der Waals surface area (Å²) in [6.45, 7) is 1.84. The Morgan fingerprint density at radius 2 is 2.10 bits per heavy atom. The molecule has 0 aromatic heterocycles. The number of ether oxygens (including phenoxy) is 1. The van der Waals surface area contributed by atoms with Crippen LogP contribution in [-0.2, 0) is 19.6 Å². The van der Waals surface area contributed by atoms with Crippen LogP contribution in [0.5, 0.6) is 0 Å². The number of fused-ring (bicyclic) bond motifs is 1. The minimum absolute atomic E-state index is 0.0401. The monoisotopic (exact) mass is 308 g/mol. The largest absolute Gasteiger partial charge is 0.466 e. The zero-order chi connectivity index (χ0) is 15.5. The van der Waals surface area contributed by atoms with Gasteiger partial charge in [0.1, 0.15) is 11.2 Å². The standard InChI is InChI=1S/C14H16N2O4S/c1-3-11(14(17)20-2)8-9-16-10-15-12-6-4-5-7-13(12)21(16,18)19/h4-8,10H,3,9H2,1-2H3. The van der Waals surface area contributed by atoms with Crippen molar-refractivity contribution in [3.05, 3.63) is 35.9 Å². The van der Waals surface area contributed by atoms with Crippen molar-refractivity contribution in [1.82, 2.24) is 4.31 Å². The van der Waals surface area contributed by atoms with Crippen molar-refractivity contribution in [3.8, 4) is 0 Å². The van der Waals surface area contributed by atoms with E-state index >= 15 is 0 Å². The number of sulfonamides is 1. The molecule has 0 unspecified atom stereocenters. The van der Waals surface area contributed by atoms with E-state index in [0.29, 0.717) is 17.7 Å². The van der Waals surface area contributed by atoms with E-state index in [1.165, 1.54) is 19.5 Å². The van der Waals surface area contributed by atoms with Crippen LogP contribution in [-0.4, -0.2) is 38.7 Å². The molecular weight excluding hydrogens is 292 g/mol. The Hall–Kier alpha value is -2.15. The molecule has 1 aromatic carbocycles. The summed E-state index contributed by atoms with van der Waals surface area (Å²) in [4.78, 5) is 15.8. The van der Waals surface area contributed by atoms with Crippen LogP contribution >= 0.6 is 0 Å². The topological polar surface area (TPSA) is 76.0 Å². The SMILES string of the molecule is CCC(=CCN1C=Nc2ccccc2S1(=O)=O)C(=O)OC. The molecule has 21 heavy (non-hydrogen) atoms. The second-order valence-electron chi connectivity index (χ2n) is 4.36. The highest BCUT2D eigenvalue weighted by Gasteiger charge is 2.27. The van der Waals surface area contributed by atoms with E-state index in [-0.39, 0.29) is 11.4 Å². The Kier molecular flexibility index (Phi) is 4.42. The van der Waals surface area contributed by atoms with Crippen LogP contribution in [0.1, 0.15) is 13.3 Å². The molecule has 1 heterocycles. The zero-order valence-corrected chi connectivity index (χ0v) is 12.6. The number of methoxy groups -OCH3 is 1. The first-order valence-corrected chi connectivity index (χ1v) is 7.87. The molecule has 2 rings (SSSR count). The number of carbonyl (C=O) groups is 1. The molecule has 7 heteroatoms. The molecule has 6 nitrogen and oxygen atoms in total. The number of esters is 1. The molecule has 0 bridgehead atoms. The number of benzene rings is 1. The summed E-state index contributed by atoms with van der Waals surface area (Å²) in [5.74, 6) is -0.454. The van der Waals surface area contributed by atoms with Gasteiger partial charge >= 0.3 is 5.97 Å². The number of carbonyl (C=O) groups excluding carboxylic acids is 1. The lowest BCUT2D eigenvalue weighted by atomic mass is 10.2. The van der Waals surface area contributed by atoms with Crippen molar-refractivity contribution >= 4 is 28.0 Å². The van der Waals surface area contributed by atoms with Gasteiger partial charge in [-0.3, -0.25) is 4.31 Å². The number of hydrogen-bond acceptors (Lipinski definition) is 5.